The molecule has 0 amide bonds. The Bertz CT molecular complexity index is 106. The molecule has 12 heavy (non-hydrogen) atoms. The van der Waals surface area contributed by atoms with Crippen LogP contribution in [-0.2, 0) is 0 Å². The van der Waals surface area contributed by atoms with Gasteiger partial charge in [0.2, 0.25) is 0 Å². The molecule has 0 fully saturated rings. The highest BCUT2D eigenvalue weighted by Crippen LogP contribution is 2.30. The summed E-state index contributed by atoms with van der Waals surface area (Å²) in [6.45, 7) is 6.75. The largest absolute Gasteiger partial charge is 0.162 e. The first-order valence-corrected chi connectivity index (χ1v) is 6.51. The van der Waals surface area contributed by atoms with Crippen LogP contribution in [0.15, 0.2) is 0 Å². The van der Waals surface area contributed by atoms with Gasteiger partial charge >= 0.3 is 0 Å². The van der Waals surface area contributed by atoms with E-state index in [1.165, 1.54) is 30.8 Å². The van der Waals surface area contributed by atoms with Crippen LogP contribution in [0.5, 0.6) is 0 Å². The highest BCUT2D eigenvalue weighted by Gasteiger charge is 2.21. The SMILES string of the molecule is CCCC(C)(CCl)CCSCC. The van der Waals surface area contributed by atoms with E-state index < -0.39 is 0 Å². The lowest BCUT2D eigenvalue weighted by molar-refractivity contribution is 0.327. The van der Waals surface area contributed by atoms with Crippen molar-refractivity contribution in [2.24, 2.45) is 5.41 Å². The monoisotopic (exact) mass is 208 g/mol. The number of thioether (sulfide) groups is 1. The normalized spacial score (nSPS) is 16.0. The topological polar surface area (TPSA) is 0 Å². The Balaban J connectivity index is 3.63. The number of hydrogen-bond donors (Lipinski definition) is 0. The fraction of sp³-hybridized carbons (Fsp3) is 1.00. The van der Waals surface area contributed by atoms with Crippen LogP contribution >= 0.6 is 23.4 Å². The van der Waals surface area contributed by atoms with Crippen LogP contribution in [-0.4, -0.2) is 17.4 Å². The van der Waals surface area contributed by atoms with E-state index in [9.17, 15) is 0 Å². The van der Waals surface area contributed by atoms with E-state index >= 15 is 0 Å². The van der Waals surface area contributed by atoms with Crippen molar-refractivity contribution in [3.8, 4) is 0 Å². The summed E-state index contributed by atoms with van der Waals surface area (Å²) >= 11 is 7.97. The van der Waals surface area contributed by atoms with E-state index in [1.54, 1.807) is 0 Å². The third kappa shape index (κ3) is 5.31. The maximum absolute atomic E-state index is 5.96. The van der Waals surface area contributed by atoms with Gasteiger partial charge in [0.15, 0.2) is 0 Å². The lowest BCUT2D eigenvalue weighted by Gasteiger charge is -2.26. The molecule has 0 aromatic heterocycles. The third-order valence-corrected chi connectivity index (χ3v) is 3.78. The van der Waals surface area contributed by atoms with Crippen LogP contribution in [0.4, 0.5) is 0 Å². The molecule has 0 aromatic carbocycles. The van der Waals surface area contributed by atoms with Crippen LogP contribution < -0.4 is 0 Å². The van der Waals surface area contributed by atoms with E-state index in [2.05, 4.69) is 20.8 Å². The molecular formula is C10H21ClS. The summed E-state index contributed by atoms with van der Waals surface area (Å²) in [5, 5.41) is 0. The van der Waals surface area contributed by atoms with Crippen LogP contribution in [0, 0.1) is 5.41 Å². The predicted molar refractivity (Wildman–Crippen MR) is 61.4 cm³/mol. The number of hydrogen-bond acceptors (Lipinski definition) is 1. The Morgan fingerprint density at radius 1 is 1.25 bits per heavy atom. The van der Waals surface area contributed by atoms with Gasteiger partial charge in [-0.3, -0.25) is 0 Å². The lowest BCUT2D eigenvalue weighted by Crippen LogP contribution is -2.19. The zero-order valence-corrected chi connectivity index (χ0v) is 10.1. The van der Waals surface area contributed by atoms with Crippen molar-refractivity contribution < 1.29 is 0 Å². The number of halogens is 1. The molecule has 0 saturated carbocycles. The Morgan fingerprint density at radius 3 is 2.33 bits per heavy atom. The molecule has 1 atom stereocenters. The second kappa shape index (κ2) is 7.08. The van der Waals surface area contributed by atoms with Crippen LogP contribution in [0.2, 0.25) is 0 Å². The molecule has 0 aromatic rings. The standard InChI is InChI=1S/C10H21ClS/c1-4-6-10(3,9-11)7-8-12-5-2/h4-9H2,1-3H3. The Morgan fingerprint density at radius 2 is 1.92 bits per heavy atom. The third-order valence-electron chi connectivity index (χ3n) is 2.23. The van der Waals surface area contributed by atoms with Gasteiger partial charge in [-0.1, -0.05) is 27.2 Å². The first kappa shape index (κ1) is 12.6. The van der Waals surface area contributed by atoms with Gasteiger partial charge in [-0.25, -0.2) is 0 Å². The fourth-order valence-corrected chi connectivity index (χ4v) is 2.52. The zero-order chi connectivity index (χ0) is 9.45. The van der Waals surface area contributed by atoms with Crippen molar-refractivity contribution in [3.63, 3.8) is 0 Å². The summed E-state index contributed by atoms with van der Waals surface area (Å²) in [5.74, 6) is 3.30. The molecule has 0 heterocycles. The average Bonchev–Trinajstić information content (AvgIpc) is 2.06. The number of alkyl halides is 1. The number of rotatable bonds is 7. The van der Waals surface area contributed by atoms with Crippen molar-refractivity contribution in [1.29, 1.82) is 0 Å². The molecule has 1 unspecified atom stereocenters. The van der Waals surface area contributed by atoms with Gasteiger partial charge in [0.1, 0.15) is 0 Å². The van der Waals surface area contributed by atoms with Gasteiger partial charge in [0.25, 0.3) is 0 Å². The summed E-state index contributed by atoms with van der Waals surface area (Å²) in [4.78, 5) is 0. The van der Waals surface area contributed by atoms with Crippen molar-refractivity contribution in [2.75, 3.05) is 17.4 Å². The first-order chi connectivity index (χ1) is 5.68. The highest BCUT2D eigenvalue weighted by atomic mass is 35.5. The fourth-order valence-electron chi connectivity index (χ4n) is 1.33. The second-order valence-electron chi connectivity index (χ2n) is 3.64. The molecule has 0 aliphatic rings. The van der Waals surface area contributed by atoms with Crippen LogP contribution in [0.3, 0.4) is 0 Å². The Kier molecular flexibility index (Phi) is 7.46. The maximum atomic E-state index is 5.96. The lowest BCUT2D eigenvalue weighted by atomic mass is 9.85. The van der Waals surface area contributed by atoms with E-state index in [0.29, 0.717) is 5.41 Å². The predicted octanol–water partition coefficient (Wildman–Crippen LogP) is 4.17. The van der Waals surface area contributed by atoms with Gasteiger partial charge in [-0.05, 0) is 29.8 Å². The van der Waals surface area contributed by atoms with Crippen LogP contribution in [0.25, 0.3) is 0 Å². The molecule has 0 rings (SSSR count). The molecule has 0 saturated heterocycles. The molecule has 0 bridgehead atoms. The molecule has 0 spiro atoms. The van der Waals surface area contributed by atoms with Gasteiger partial charge in [0, 0.05) is 5.88 Å². The second-order valence-corrected chi connectivity index (χ2v) is 5.30. The Labute approximate surface area is 86.5 Å². The minimum absolute atomic E-state index is 0.387. The molecular weight excluding hydrogens is 188 g/mol. The molecule has 0 N–H and O–H groups in total. The highest BCUT2D eigenvalue weighted by molar-refractivity contribution is 7.99. The van der Waals surface area contributed by atoms with Crippen LogP contribution in [0.1, 0.15) is 40.0 Å². The maximum Gasteiger partial charge on any atom is 0.0277 e. The van der Waals surface area contributed by atoms with Gasteiger partial charge in [-0.2, -0.15) is 11.8 Å². The summed E-state index contributed by atoms with van der Waals surface area (Å²) in [6.07, 6.45) is 3.78. The van der Waals surface area contributed by atoms with Crippen molar-refractivity contribution in [1.82, 2.24) is 0 Å². The quantitative estimate of drug-likeness (QED) is 0.447. The smallest absolute Gasteiger partial charge is 0.0277 e. The summed E-state index contributed by atoms with van der Waals surface area (Å²) in [6, 6.07) is 0. The molecule has 74 valence electrons. The summed E-state index contributed by atoms with van der Waals surface area (Å²) < 4.78 is 0. The average molecular weight is 209 g/mol. The van der Waals surface area contributed by atoms with Gasteiger partial charge < -0.3 is 0 Å². The molecule has 0 nitrogen and oxygen atoms in total. The molecule has 0 radical (unpaired) electrons. The van der Waals surface area contributed by atoms with Crippen molar-refractivity contribution >= 4 is 23.4 Å². The van der Waals surface area contributed by atoms with E-state index in [4.69, 9.17) is 11.6 Å². The molecule has 2 heteroatoms. The van der Waals surface area contributed by atoms with E-state index in [0.717, 1.165) is 5.88 Å². The Hall–Kier alpha value is 0.640. The van der Waals surface area contributed by atoms with E-state index in [1.807, 2.05) is 11.8 Å². The summed E-state index contributed by atoms with van der Waals surface area (Å²) in [7, 11) is 0. The minimum Gasteiger partial charge on any atom is -0.162 e. The van der Waals surface area contributed by atoms with Crippen molar-refractivity contribution in [2.45, 2.75) is 40.0 Å². The first-order valence-electron chi connectivity index (χ1n) is 4.82. The van der Waals surface area contributed by atoms with E-state index in [-0.39, 0.29) is 0 Å². The van der Waals surface area contributed by atoms with Crippen molar-refractivity contribution in [3.05, 3.63) is 0 Å². The van der Waals surface area contributed by atoms with Gasteiger partial charge in [-0.15, -0.1) is 11.6 Å². The minimum atomic E-state index is 0.387. The summed E-state index contributed by atoms with van der Waals surface area (Å²) in [5.41, 5.74) is 0.387. The zero-order valence-electron chi connectivity index (χ0n) is 8.53. The van der Waals surface area contributed by atoms with Gasteiger partial charge in [0.05, 0.1) is 0 Å². The molecule has 0 aliphatic carbocycles. The molecule has 0 aliphatic heterocycles.